The van der Waals surface area contributed by atoms with E-state index in [-0.39, 0.29) is 0 Å². The Morgan fingerprint density at radius 1 is 1.62 bits per heavy atom. The van der Waals surface area contributed by atoms with Gasteiger partial charge < -0.3 is 0 Å². The largest absolute Gasteiger partial charge is 0.298 e. The van der Waals surface area contributed by atoms with Gasteiger partial charge in [-0.2, -0.15) is 0 Å². The summed E-state index contributed by atoms with van der Waals surface area (Å²) in [4.78, 5) is 18.7. The van der Waals surface area contributed by atoms with Gasteiger partial charge in [0.05, 0.1) is 5.69 Å². The molecule has 0 aliphatic carbocycles. The minimum absolute atomic E-state index is 0.533. The van der Waals surface area contributed by atoms with E-state index in [1.165, 1.54) is 6.20 Å². The molecule has 0 saturated carbocycles. The maximum absolute atomic E-state index is 10.5. The number of fused-ring (bicyclic) bond motifs is 1. The SMILES string of the molecule is Cc1nc2ncc(C=O)cn2c1Br. The van der Waals surface area contributed by atoms with Crippen molar-refractivity contribution >= 4 is 28.0 Å². The van der Waals surface area contributed by atoms with Crippen LogP contribution in [0, 0.1) is 6.92 Å². The first-order chi connectivity index (χ1) is 6.22. The van der Waals surface area contributed by atoms with E-state index in [1.54, 1.807) is 10.6 Å². The number of rotatable bonds is 1. The molecule has 0 atom stereocenters. The summed E-state index contributed by atoms with van der Waals surface area (Å²) in [5.41, 5.74) is 1.39. The van der Waals surface area contributed by atoms with Crippen molar-refractivity contribution in [2.45, 2.75) is 6.92 Å². The van der Waals surface area contributed by atoms with Crippen LogP contribution < -0.4 is 0 Å². The first-order valence-electron chi connectivity index (χ1n) is 3.68. The third kappa shape index (κ3) is 1.25. The van der Waals surface area contributed by atoms with Gasteiger partial charge in [-0.15, -0.1) is 0 Å². The molecule has 2 heterocycles. The van der Waals surface area contributed by atoms with Crippen LogP contribution in [0.15, 0.2) is 17.0 Å². The third-order valence-electron chi connectivity index (χ3n) is 1.74. The van der Waals surface area contributed by atoms with Crippen LogP contribution in [0.25, 0.3) is 5.78 Å². The normalized spacial score (nSPS) is 10.6. The highest BCUT2D eigenvalue weighted by atomic mass is 79.9. The number of aldehydes is 1. The zero-order chi connectivity index (χ0) is 9.42. The Hall–Kier alpha value is -1.23. The van der Waals surface area contributed by atoms with E-state index in [9.17, 15) is 4.79 Å². The molecule has 0 bridgehead atoms. The predicted octanol–water partition coefficient (Wildman–Crippen LogP) is 1.61. The van der Waals surface area contributed by atoms with E-state index in [0.29, 0.717) is 11.3 Å². The lowest BCUT2D eigenvalue weighted by Crippen LogP contribution is -1.91. The smallest absolute Gasteiger partial charge is 0.234 e. The van der Waals surface area contributed by atoms with Crippen LogP contribution >= 0.6 is 15.9 Å². The molecule has 0 radical (unpaired) electrons. The molecule has 2 rings (SSSR count). The molecule has 0 saturated heterocycles. The van der Waals surface area contributed by atoms with Crippen molar-refractivity contribution in [3.8, 4) is 0 Å². The number of carbonyl (C=O) groups is 1. The number of imidazole rings is 1. The van der Waals surface area contributed by atoms with Crippen molar-refractivity contribution in [3.05, 3.63) is 28.3 Å². The van der Waals surface area contributed by atoms with Gasteiger partial charge >= 0.3 is 0 Å². The van der Waals surface area contributed by atoms with E-state index in [4.69, 9.17) is 0 Å². The van der Waals surface area contributed by atoms with Crippen molar-refractivity contribution in [2.75, 3.05) is 0 Å². The van der Waals surface area contributed by atoms with Crippen LogP contribution in [0.4, 0.5) is 0 Å². The average molecular weight is 240 g/mol. The van der Waals surface area contributed by atoms with Crippen molar-refractivity contribution in [3.63, 3.8) is 0 Å². The minimum atomic E-state index is 0.533. The van der Waals surface area contributed by atoms with Gasteiger partial charge in [0.15, 0.2) is 6.29 Å². The summed E-state index contributed by atoms with van der Waals surface area (Å²) in [6, 6.07) is 0. The Labute approximate surface area is 82.7 Å². The number of hydrogen-bond donors (Lipinski definition) is 0. The Kier molecular flexibility index (Phi) is 1.88. The summed E-state index contributed by atoms with van der Waals surface area (Å²) >= 11 is 3.36. The van der Waals surface area contributed by atoms with Gasteiger partial charge in [-0.3, -0.25) is 9.20 Å². The molecule has 0 N–H and O–H groups in total. The molecular weight excluding hydrogens is 234 g/mol. The number of hydrogen-bond acceptors (Lipinski definition) is 3. The fraction of sp³-hybridized carbons (Fsp3) is 0.125. The van der Waals surface area contributed by atoms with E-state index in [1.807, 2.05) is 6.92 Å². The molecule has 0 aliphatic heterocycles. The predicted molar refractivity (Wildman–Crippen MR) is 50.8 cm³/mol. The van der Waals surface area contributed by atoms with Crippen LogP contribution in [0.5, 0.6) is 0 Å². The second-order valence-corrected chi connectivity index (χ2v) is 3.41. The van der Waals surface area contributed by atoms with Gasteiger partial charge in [-0.1, -0.05) is 0 Å². The Bertz CT molecular complexity index is 477. The minimum Gasteiger partial charge on any atom is -0.298 e. The fourth-order valence-corrected chi connectivity index (χ4v) is 1.44. The van der Waals surface area contributed by atoms with Gasteiger partial charge in [-0.05, 0) is 22.9 Å². The third-order valence-corrected chi connectivity index (χ3v) is 2.69. The second kappa shape index (κ2) is 2.92. The second-order valence-electron chi connectivity index (χ2n) is 2.66. The van der Waals surface area contributed by atoms with E-state index >= 15 is 0 Å². The first kappa shape index (κ1) is 8.37. The van der Waals surface area contributed by atoms with Crippen LogP contribution in [-0.4, -0.2) is 20.7 Å². The monoisotopic (exact) mass is 239 g/mol. The molecule has 5 heteroatoms. The molecule has 0 unspecified atom stereocenters. The zero-order valence-electron chi connectivity index (χ0n) is 6.86. The molecule has 13 heavy (non-hydrogen) atoms. The number of nitrogens with zero attached hydrogens (tertiary/aromatic N) is 3. The molecule has 4 nitrogen and oxygen atoms in total. The zero-order valence-corrected chi connectivity index (χ0v) is 8.45. The number of halogens is 1. The van der Waals surface area contributed by atoms with Gasteiger partial charge in [0.2, 0.25) is 5.78 Å². The molecule has 0 spiro atoms. The van der Waals surface area contributed by atoms with Crippen LogP contribution in [-0.2, 0) is 0 Å². The summed E-state index contributed by atoms with van der Waals surface area (Å²) in [6.45, 7) is 1.87. The Morgan fingerprint density at radius 2 is 2.38 bits per heavy atom. The van der Waals surface area contributed by atoms with Gasteiger partial charge in [0.1, 0.15) is 4.60 Å². The fourth-order valence-electron chi connectivity index (χ4n) is 1.09. The van der Waals surface area contributed by atoms with E-state index in [0.717, 1.165) is 16.6 Å². The summed E-state index contributed by atoms with van der Waals surface area (Å²) in [5, 5.41) is 0. The first-order valence-corrected chi connectivity index (χ1v) is 4.47. The van der Waals surface area contributed by atoms with E-state index in [2.05, 4.69) is 25.9 Å². The van der Waals surface area contributed by atoms with Crippen LogP contribution in [0.1, 0.15) is 16.1 Å². The quantitative estimate of drug-likeness (QED) is 0.711. The highest BCUT2D eigenvalue weighted by molar-refractivity contribution is 9.10. The lowest BCUT2D eigenvalue weighted by atomic mass is 10.4. The van der Waals surface area contributed by atoms with Crippen molar-refractivity contribution in [2.24, 2.45) is 0 Å². The standard InChI is InChI=1S/C8H6BrN3O/c1-5-7(9)12-3-6(4-13)2-10-8(12)11-5/h2-4H,1H3. The maximum atomic E-state index is 10.5. The van der Waals surface area contributed by atoms with Gasteiger partial charge in [0.25, 0.3) is 0 Å². The van der Waals surface area contributed by atoms with Crippen molar-refractivity contribution in [1.82, 2.24) is 14.4 Å². The maximum Gasteiger partial charge on any atom is 0.234 e. The molecule has 66 valence electrons. The van der Waals surface area contributed by atoms with E-state index < -0.39 is 0 Å². The lowest BCUT2D eigenvalue weighted by molar-refractivity contribution is 0.112. The number of aromatic nitrogens is 3. The highest BCUT2D eigenvalue weighted by Crippen LogP contribution is 2.16. The van der Waals surface area contributed by atoms with Gasteiger partial charge in [0, 0.05) is 18.0 Å². The number of aryl methyl sites for hydroxylation is 1. The summed E-state index contributed by atoms with van der Waals surface area (Å²) < 4.78 is 2.57. The van der Waals surface area contributed by atoms with Crippen LogP contribution in [0.3, 0.4) is 0 Å². The molecule has 2 aromatic heterocycles. The Balaban J connectivity index is 2.81. The molecule has 0 aliphatic rings. The molecule has 2 aromatic rings. The lowest BCUT2D eigenvalue weighted by Gasteiger charge is -1.94. The summed E-state index contributed by atoms with van der Waals surface area (Å²) in [5.74, 6) is 0.593. The number of carbonyl (C=O) groups excluding carboxylic acids is 1. The van der Waals surface area contributed by atoms with Gasteiger partial charge in [-0.25, -0.2) is 9.97 Å². The summed E-state index contributed by atoms with van der Waals surface area (Å²) in [6.07, 6.45) is 3.95. The molecule has 0 amide bonds. The topological polar surface area (TPSA) is 47.3 Å². The average Bonchev–Trinajstić information content (AvgIpc) is 2.43. The molecule has 0 aromatic carbocycles. The van der Waals surface area contributed by atoms with Crippen LogP contribution in [0.2, 0.25) is 0 Å². The summed E-state index contributed by atoms with van der Waals surface area (Å²) in [7, 11) is 0. The molecule has 0 fully saturated rings. The van der Waals surface area contributed by atoms with Crippen molar-refractivity contribution in [1.29, 1.82) is 0 Å². The Morgan fingerprint density at radius 3 is 3.08 bits per heavy atom. The highest BCUT2D eigenvalue weighted by Gasteiger charge is 2.06. The molecular formula is C8H6BrN3O. The van der Waals surface area contributed by atoms with Crippen molar-refractivity contribution < 1.29 is 4.79 Å².